The summed E-state index contributed by atoms with van der Waals surface area (Å²) in [6.07, 6.45) is -0.538. The minimum atomic E-state index is -0.538. The number of para-hydroxylation sites is 1. The van der Waals surface area contributed by atoms with Crippen molar-refractivity contribution in [3.8, 4) is 5.75 Å². The second-order valence-corrected chi connectivity index (χ2v) is 4.87. The Balaban J connectivity index is 1.64. The largest absolute Gasteiger partial charge is 0.492 e. The van der Waals surface area contributed by atoms with Gasteiger partial charge in [0.05, 0.1) is 6.10 Å². The Labute approximate surface area is 124 Å². The van der Waals surface area contributed by atoms with Crippen molar-refractivity contribution in [2.24, 2.45) is 0 Å². The van der Waals surface area contributed by atoms with Gasteiger partial charge in [0, 0.05) is 18.1 Å². The van der Waals surface area contributed by atoms with E-state index in [0.717, 1.165) is 11.3 Å². The Morgan fingerprint density at radius 1 is 1.05 bits per heavy atom. The summed E-state index contributed by atoms with van der Waals surface area (Å²) in [5, 5.41) is 13.8. The molecule has 0 fully saturated rings. The van der Waals surface area contributed by atoms with Crippen LogP contribution in [-0.4, -0.2) is 24.8 Å². The van der Waals surface area contributed by atoms with Gasteiger partial charge in [0.1, 0.15) is 12.4 Å². The number of halogens is 1. The van der Waals surface area contributed by atoms with Gasteiger partial charge in [-0.25, -0.2) is 0 Å². The number of benzene rings is 2. The van der Waals surface area contributed by atoms with Crippen LogP contribution in [0.15, 0.2) is 54.6 Å². The summed E-state index contributed by atoms with van der Waals surface area (Å²) in [4.78, 5) is 0. The van der Waals surface area contributed by atoms with Crippen LogP contribution in [0, 0.1) is 0 Å². The Morgan fingerprint density at radius 3 is 2.45 bits per heavy atom. The molecular formula is C16H18ClNO2. The normalized spacial score (nSPS) is 12.1. The van der Waals surface area contributed by atoms with Crippen LogP contribution >= 0.6 is 11.6 Å². The third kappa shape index (κ3) is 4.85. The van der Waals surface area contributed by atoms with E-state index in [-0.39, 0.29) is 0 Å². The summed E-state index contributed by atoms with van der Waals surface area (Å²) >= 11 is 5.81. The van der Waals surface area contributed by atoms with Gasteiger partial charge in [0.15, 0.2) is 0 Å². The van der Waals surface area contributed by atoms with Gasteiger partial charge in [-0.05, 0) is 29.8 Å². The topological polar surface area (TPSA) is 41.5 Å². The third-order valence-electron chi connectivity index (χ3n) is 2.88. The molecule has 3 nitrogen and oxygen atoms in total. The van der Waals surface area contributed by atoms with E-state index in [0.29, 0.717) is 24.7 Å². The quantitative estimate of drug-likeness (QED) is 0.771. The van der Waals surface area contributed by atoms with E-state index in [2.05, 4.69) is 5.32 Å². The van der Waals surface area contributed by atoms with Crippen LogP contribution < -0.4 is 10.1 Å². The summed E-state index contributed by atoms with van der Waals surface area (Å²) in [7, 11) is 0. The first kappa shape index (κ1) is 14.9. The molecule has 0 amide bonds. The van der Waals surface area contributed by atoms with E-state index < -0.39 is 6.10 Å². The summed E-state index contributed by atoms with van der Waals surface area (Å²) in [6.45, 7) is 1.73. The van der Waals surface area contributed by atoms with Gasteiger partial charge in [-0.2, -0.15) is 0 Å². The van der Waals surface area contributed by atoms with E-state index >= 15 is 0 Å². The average molecular weight is 292 g/mol. The molecule has 2 aromatic carbocycles. The molecule has 0 aliphatic rings. The standard InChI is InChI=1S/C16H18ClNO2/c17-14-8-6-13(7-9-14)16(19)12-18-10-11-20-15-4-2-1-3-5-15/h1-9,16,18-19H,10-12H2. The lowest BCUT2D eigenvalue weighted by atomic mass is 10.1. The summed E-state index contributed by atoms with van der Waals surface area (Å²) in [5.41, 5.74) is 0.853. The number of hydrogen-bond acceptors (Lipinski definition) is 3. The van der Waals surface area contributed by atoms with E-state index in [1.807, 2.05) is 42.5 Å². The molecule has 0 aliphatic heterocycles. The molecule has 0 spiro atoms. The highest BCUT2D eigenvalue weighted by atomic mass is 35.5. The van der Waals surface area contributed by atoms with Crippen molar-refractivity contribution >= 4 is 11.6 Å². The lowest BCUT2D eigenvalue weighted by Gasteiger charge is -2.12. The fourth-order valence-corrected chi connectivity index (χ4v) is 1.93. The predicted molar refractivity (Wildman–Crippen MR) is 81.2 cm³/mol. The van der Waals surface area contributed by atoms with Crippen molar-refractivity contribution < 1.29 is 9.84 Å². The number of nitrogens with one attached hydrogen (secondary N) is 1. The monoisotopic (exact) mass is 291 g/mol. The molecule has 2 N–H and O–H groups in total. The van der Waals surface area contributed by atoms with Crippen LogP contribution in [0.1, 0.15) is 11.7 Å². The minimum absolute atomic E-state index is 0.486. The van der Waals surface area contributed by atoms with Crippen molar-refractivity contribution in [3.05, 3.63) is 65.2 Å². The molecule has 1 unspecified atom stereocenters. The molecule has 0 aliphatic carbocycles. The second kappa shape index (κ2) is 7.90. The number of rotatable bonds is 7. The summed E-state index contributed by atoms with van der Waals surface area (Å²) < 4.78 is 5.55. The first-order chi connectivity index (χ1) is 9.75. The van der Waals surface area contributed by atoms with Gasteiger partial charge < -0.3 is 15.2 Å². The maximum absolute atomic E-state index is 9.98. The summed E-state index contributed by atoms with van der Waals surface area (Å²) in [6, 6.07) is 16.9. The number of aliphatic hydroxyl groups excluding tert-OH is 1. The Hall–Kier alpha value is -1.55. The van der Waals surface area contributed by atoms with Gasteiger partial charge in [-0.15, -0.1) is 0 Å². The van der Waals surface area contributed by atoms with E-state index in [4.69, 9.17) is 16.3 Å². The lowest BCUT2D eigenvalue weighted by molar-refractivity contribution is 0.172. The molecule has 2 rings (SSSR count). The molecular weight excluding hydrogens is 274 g/mol. The molecule has 4 heteroatoms. The van der Waals surface area contributed by atoms with E-state index in [9.17, 15) is 5.11 Å². The number of aliphatic hydroxyl groups is 1. The molecule has 0 saturated carbocycles. The van der Waals surface area contributed by atoms with Crippen molar-refractivity contribution in [1.29, 1.82) is 0 Å². The second-order valence-electron chi connectivity index (χ2n) is 4.43. The zero-order chi connectivity index (χ0) is 14.2. The van der Waals surface area contributed by atoms with Crippen LogP contribution in [0.2, 0.25) is 5.02 Å². The molecule has 0 heterocycles. The highest BCUT2D eigenvalue weighted by Gasteiger charge is 2.06. The van der Waals surface area contributed by atoms with Crippen LogP contribution in [0.4, 0.5) is 0 Å². The van der Waals surface area contributed by atoms with E-state index in [1.54, 1.807) is 12.1 Å². The van der Waals surface area contributed by atoms with Crippen LogP contribution in [-0.2, 0) is 0 Å². The van der Waals surface area contributed by atoms with Crippen LogP contribution in [0.3, 0.4) is 0 Å². The molecule has 2 aromatic rings. The fourth-order valence-electron chi connectivity index (χ4n) is 1.80. The van der Waals surface area contributed by atoms with Gasteiger partial charge >= 0.3 is 0 Å². The molecule has 1 atom stereocenters. The number of ether oxygens (including phenoxy) is 1. The zero-order valence-corrected chi connectivity index (χ0v) is 11.9. The van der Waals surface area contributed by atoms with Crippen LogP contribution in [0.25, 0.3) is 0 Å². The average Bonchev–Trinajstić information content (AvgIpc) is 2.48. The zero-order valence-electron chi connectivity index (χ0n) is 11.1. The first-order valence-corrected chi connectivity index (χ1v) is 6.95. The molecule has 106 valence electrons. The molecule has 0 aromatic heterocycles. The Morgan fingerprint density at radius 2 is 1.75 bits per heavy atom. The highest BCUT2D eigenvalue weighted by Crippen LogP contribution is 2.15. The van der Waals surface area contributed by atoms with Crippen molar-refractivity contribution in [2.45, 2.75) is 6.10 Å². The highest BCUT2D eigenvalue weighted by molar-refractivity contribution is 6.30. The maximum atomic E-state index is 9.98. The van der Waals surface area contributed by atoms with Crippen molar-refractivity contribution in [2.75, 3.05) is 19.7 Å². The minimum Gasteiger partial charge on any atom is -0.492 e. The smallest absolute Gasteiger partial charge is 0.119 e. The Kier molecular flexibility index (Phi) is 5.87. The SMILES string of the molecule is OC(CNCCOc1ccccc1)c1ccc(Cl)cc1. The molecule has 20 heavy (non-hydrogen) atoms. The van der Waals surface area contributed by atoms with Crippen LogP contribution in [0.5, 0.6) is 5.75 Å². The van der Waals surface area contributed by atoms with Gasteiger partial charge in [0.25, 0.3) is 0 Å². The first-order valence-electron chi connectivity index (χ1n) is 6.58. The van der Waals surface area contributed by atoms with Gasteiger partial charge in [-0.3, -0.25) is 0 Å². The van der Waals surface area contributed by atoms with Gasteiger partial charge in [-0.1, -0.05) is 41.9 Å². The van der Waals surface area contributed by atoms with E-state index in [1.165, 1.54) is 0 Å². The molecule has 0 saturated heterocycles. The molecule has 0 bridgehead atoms. The maximum Gasteiger partial charge on any atom is 0.119 e. The predicted octanol–water partition coefficient (Wildman–Crippen LogP) is 3.04. The Bertz CT molecular complexity index is 502. The summed E-state index contributed by atoms with van der Waals surface area (Å²) in [5.74, 6) is 0.854. The fraction of sp³-hybridized carbons (Fsp3) is 0.250. The third-order valence-corrected chi connectivity index (χ3v) is 3.14. The van der Waals surface area contributed by atoms with Gasteiger partial charge in [0.2, 0.25) is 0 Å². The number of hydrogen-bond donors (Lipinski definition) is 2. The molecule has 0 radical (unpaired) electrons. The lowest BCUT2D eigenvalue weighted by Crippen LogP contribution is -2.26. The van der Waals surface area contributed by atoms with Crippen molar-refractivity contribution in [1.82, 2.24) is 5.32 Å². The van der Waals surface area contributed by atoms with Crippen molar-refractivity contribution in [3.63, 3.8) is 0 Å².